The Balaban J connectivity index is 1.79. The first-order valence-corrected chi connectivity index (χ1v) is 17.2. The van der Waals surface area contributed by atoms with Gasteiger partial charge in [-0.15, -0.1) is 0 Å². The number of nitro groups is 1. The van der Waals surface area contributed by atoms with Crippen LogP contribution in [0.1, 0.15) is 79.0 Å². The van der Waals surface area contributed by atoms with Gasteiger partial charge in [-0.2, -0.15) is 10.2 Å². The Bertz CT molecular complexity index is 1520. The first kappa shape index (κ1) is 39.4. The highest BCUT2D eigenvalue weighted by molar-refractivity contribution is 7.44. The number of hydrogen-bond acceptors (Lipinski definition) is 13. The molecule has 1 saturated heterocycles. The molecule has 5 atom stereocenters. The third-order valence-corrected chi connectivity index (χ3v) is 9.62. The van der Waals surface area contributed by atoms with Crippen molar-refractivity contribution in [2.24, 2.45) is 5.92 Å². The van der Waals surface area contributed by atoms with E-state index in [2.05, 4.69) is 16.4 Å². The van der Waals surface area contributed by atoms with E-state index >= 15 is 0 Å². The van der Waals surface area contributed by atoms with Crippen molar-refractivity contribution in [1.82, 2.24) is 14.2 Å². The molecule has 1 aliphatic rings. The second-order valence-corrected chi connectivity index (χ2v) is 13.7. The molecule has 0 aliphatic carbocycles. The number of amides is 1. The molecule has 0 saturated carbocycles. The van der Waals surface area contributed by atoms with Gasteiger partial charge in [-0.05, 0) is 33.8 Å². The molecule has 1 N–H and O–H groups in total. The van der Waals surface area contributed by atoms with Crippen LogP contribution in [0.3, 0.4) is 0 Å². The number of carbonyl (C=O) groups excluding carboxylic acids is 2. The maximum absolute atomic E-state index is 13.0. The van der Waals surface area contributed by atoms with E-state index in [9.17, 15) is 24.5 Å². The molecule has 1 aromatic heterocycles. The van der Waals surface area contributed by atoms with Crippen LogP contribution in [0.2, 0.25) is 0 Å². The molecule has 17 heteroatoms. The standard InChI is InChI=1S/C32H45N6O10P/c1-20(2)30(39)34-28-13-15-36(31(40)35-28)29-17-26(48-49(46-16-10-14-33)37(21(3)4)22(5)6)27(47-29)19-45-32(41)44-18-23(7)24-11-8-9-12-25(24)38(42)43/h8-9,11-13,15,20-23,26-27,29H,10,16-19H2,1-7H3,(H,34,35,39,40)/t23-,26-,27+,29+,49?/m0/s1. The predicted octanol–water partition coefficient (Wildman–Crippen LogP) is 5.65. The molecular formula is C32H45N6O10P. The average Bonchev–Trinajstić information content (AvgIpc) is 3.44. The normalized spacial score (nSPS) is 18.8. The molecule has 0 bridgehead atoms. The van der Waals surface area contributed by atoms with Crippen LogP contribution in [0.25, 0.3) is 0 Å². The van der Waals surface area contributed by atoms with E-state index < -0.39 is 49.6 Å². The van der Waals surface area contributed by atoms with Gasteiger partial charge in [0.15, 0.2) is 0 Å². The number of nitro benzene ring substituents is 1. The van der Waals surface area contributed by atoms with Gasteiger partial charge in [-0.1, -0.05) is 39.0 Å². The van der Waals surface area contributed by atoms with Crippen molar-refractivity contribution in [2.75, 3.05) is 25.1 Å². The van der Waals surface area contributed by atoms with Crippen LogP contribution in [0.15, 0.2) is 41.3 Å². The molecule has 0 radical (unpaired) electrons. The van der Waals surface area contributed by atoms with Gasteiger partial charge in [-0.3, -0.25) is 19.5 Å². The molecule has 49 heavy (non-hydrogen) atoms. The Hall–Kier alpha value is -4.00. The highest BCUT2D eigenvalue weighted by Gasteiger charge is 2.42. The van der Waals surface area contributed by atoms with Gasteiger partial charge in [0.05, 0.1) is 30.1 Å². The molecule has 268 valence electrons. The molecular weight excluding hydrogens is 659 g/mol. The minimum atomic E-state index is -1.72. The van der Waals surface area contributed by atoms with Crippen molar-refractivity contribution in [1.29, 1.82) is 5.26 Å². The summed E-state index contributed by atoms with van der Waals surface area (Å²) in [6.45, 7) is 12.8. The molecule has 1 fully saturated rings. The fraction of sp³-hybridized carbons (Fsp3) is 0.594. The number of nitrogens with zero attached hydrogens (tertiary/aromatic N) is 5. The number of nitriles is 1. The zero-order valence-electron chi connectivity index (χ0n) is 28.8. The van der Waals surface area contributed by atoms with Crippen LogP contribution < -0.4 is 11.0 Å². The summed E-state index contributed by atoms with van der Waals surface area (Å²) in [7, 11) is -1.72. The smallest absolute Gasteiger partial charge is 0.434 e. The molecule has 1 aliphatic heterocycles. The van der Waals surface area contributed by atoms with Crippen LogP contribution in [0.5, 0.6) is 0 Å². The summed E-state index contributed by atoms with van der Waals surface area (Å²) >= 11 is 0. The SMILES string of the molecule is CC(C)C(=O)Nc1ccn([C@H]2C[C@H](OP(OCCC#N)N(C(C)C)C(C)C)[C@@H](COC(=O)OC[C@H](C)c3ccccc3[N+](=O)[O-])O2)c(=O)n1. The number of hydrogen-bond donors (Lipinski definition) is 1. The topological polar surface area (TPSA) is 197 Å². The van der Waals surface area contributed by atoms with E-state index in [4.69, 9.17) is 28.5 Å². The Morgan fingerprint density at radius 2 is 1.86 bits per heavy atom. The first-order valence-electron chi connectivity index (χ1n) is 16.1. The van der Waals surface area contributed by atoms with E-state index in [-0.39, 0.29) is 68.1 Å². The lowest BCUT2D eigenvalue weighted by Crippen LogP contribution is -2.37. The Morgan fingerprint density at radius 1 is 1.16 bits per heavy atom. The zero-order valence-corrected chi connectivity index (χ0v) is 29.7. The van der Waals surface area contributed by atoms with Crippen molar-refractivity contribution in [3.63, 3.8) is 0 Å². The quantitative estimate of drug-likeness (QED) is 0.0697. The predicted molar refractivity (Wildman–Crippen MR) is 179 cm³/mol. The Kier molecular flexibility index (Phi) is 15.0. The average molecular weight is 705 g/mol. The highest BCUT2D eigenvalue weighted by atomic mass is 31.2. The molecule has 1 aromatic carbocycles. The van der Waals surface area contributed by atoms with E-state index in [1.807, 2.05) is 32.4 Å². The Labute approximate surface area is 286 Å². The van der Waals surface area contributed by atoms with Crippen molar-refractivity contribution in [3.8, 4) is 6.07 Å². The van der Waals surface area contributed by atoms with Crippen LogP contribution in [0, 0.1) is 27.4 Å². The fourth-order valence-electron chi connectivity index (χ4n) is 5.06. The molecule has 16 nitrogen and oxygen atoms in total. The maximum atomic E-state index is 13.0. The zero-order chi connectivity index (χ0) is 36.2. The number of benzene rings is 1. The molecule has 0 spiro atoms. The van der Waals surface area contributed by atoms with Crippen LogP contribution in [-0.2, 0) is 28.1 Å². The van der Waals surface area contributed by atoms with Gasteiger partial charge >= 0.3 is 11.8 Å². The lowest BCUT2D eigenvalue weighted by atomic mass is 10.0. The van der Waals surface area contributed by atoms with Crippen LogP contribution in [0.4, 0.5) is 16.3 Å². The minimum absolute atomic E-state index is 0.0128. The van der Waals surface area contributed by atoms with Crippen molar-refractivity contribution < 1.29 is 37.8 Å². The molecule has 2 aromatic rings. The maximum Gasteiger partial charge on any atom is 0.508 e. The summed E-state index contributed by atoms with van der Waals surface area (Å²) in [6, 6.07) is 9.78. The molecule has 3 rings (SSSR count). The summed E-state index contributed by atoms with van der Waals surface area (Å²) in [5, 5.41) is 23.1. The number of nitrogens with one attached hydrogen (secondary N) is 1. The molecule has 2 heterocycles. The van der Waals surface area contributed by atoms with Gasteiger partial charge in [0, 0.05) is 48.2 Å². The van der Waals surface area contributed by atoms with Gasteiger partial charge in [0.1, 0.15) is 31.4 Å². The summed E-state index contributed by atoms with van der Waals surface area (Å²) in [5.74, 6) is -0.991. The molecule has 1 unspecified atom stereocenters. The summed E-state index contributed by atoms with van der Waals surface area (Å²) < 4.78 is 32.8. The second kappa shape index (κ2) is 18.7. The van der Waals surface area contributed by atoms with Gasteiger partial charge in [-0.25, -0.2) is 14.3 Å². The lowest BCUT2D eigenvalue weighted by molar-refractivity contribution is -0.385. The summed E-state index contributed by atoms with van der Waals surface area (Å²) in [5.41, 5.74) is -0.342. The van der Waals surface area contributed by atoms with Crippen molar-refractivity contribution in [2.45, 2.75) is 97.7 Å². The Morgan fingerprint density at radius 3 is 2.47 bits per heavy atom. The summed E-state index contributed by atoms with van der Waals surface area (Å²) in [6.07, 6.45) is -1.73. The highest BCUT2D eigenvalue weighted by Crippen LogP contribution is 2.50. The lowest BCUT2D eigenvalue weighted by Gasteiger charge is -2.37. The summed E-state index contributed by atoms with van der Waals surface area (Å²) in [4.78, 5) is 52.8. The number of rotatable bonds is 17. The van der Waals surface area contributed by atoms with Crippen LogP contribution >= 0.6 is 8.53 Å². The third-order valence-electron chi connectivity index (χ3n) is 7.47. The van der Waals surface area contributed by atoms with E-state index in [0.29, 0.717) is 5.56 Å². The van der Waals surface area contributed by atoms with Crippen LogP contribution in [-0.4, -0.2) is 75.3 Å². The number of para-hydroxylation sites is 1. The van der Waals surface area contributed by atoms with E-state index in [1.54, 1.807) is 39.0 Å². The number of carbonyl (C=O) groups is 2. The molecule has 1 amide bonds. The number of aromatic nitrogens is 2. The third kappa shape index (κ3) is 11.3. The minimum Gasteiger partial charge on any atom is -0.434 e. The van der Waals surface area contributed by atoms with Crippen molar-refractivity contribution in [3.05, 3.63) is 62.7 Å². The largest absolute Gasteiger partial charge is 0.508 e. The van der Waals surface area contributed by atoms with Gasteiger partial charge in [0.2, 0.25) is 5.91 Å². The first-order chi connectivity index (χ1) is 23.2. The van der Waals surface area contributed by atoms with E-state index in [0.717, 1.165) is 0 Å². The number of ether oxygens (including phenoxy) is 3. The van der Waals surface area contributed by atoms with Gasteiger partial charge < -0.3 is 28.6 Å². The fourth-order valence-corrected chi connectivity index (χ4v) is 6.82. The number of anilines is 1. The van der Waals surface area contributed by atoms with Gasteiger partial charge in [0.25, 0.3) is 14.2 Å². The van der Waals surface area contributed by atoms with Crippen molar-refractivity contribution >= 4 is 32.1 Å². The second-order valence-electron chi connectivity index (χ2n) is 12.3. The van der Waals surface area contributed by atoms with E-state index in [1.165, 1.54) is 22.9 Å². The monoisotopic (exact) mass is 704 g/mol.